The van der Waals surface area contributed by atoms with Gasteiger partial charge in [-0.3, -0.25) is 4.90 Å². The Bertz CT molecular complexity index is 549. The highest BCUT2D eigenvalue weighted by Gasteiger charge is 2.35. The molecule has 2 aliphatic rings. The monoisotopic (exact) mass is 331 g/mol. The Balaban J connectivity index is 1.56. The van der Waals surface area contributed by atoms with Crippen molar-refractivity contribution in [2.75, 3.05) is 26.2 Å². The van der Waals surface area contributed by atoms with Gasteiger partial charge in [-0.2, -0.15) is 13.2 Å². The van der Waals surface area contributed by atoms with E-state index in [1.807, 2.05) is 4.90 Å². The van der Waals surface area contributed by atoms with E-state index < -0.39 is 5.51 Å². The van der Waals surface area contributed by atoms with E-state index in [1.165, 1.54) is 12.1 Å². The molecule has 2 fully saturated rings. The van der Waals surface area contributed by atoms with Crippen LogP contribution < -0.4 is 5.32 Å². The highest BCUT2D eigenvalue weighted by atomic mass is 32.2. The number of urea groups is 1. The van der Waals surface area contributed by atoms with Crippen LogP contribution in [0.3, 0.4) is 0 Å². The molecule has 2 amide bonds. The van der Waals surface area contributed by atoms with Crippen LogP contribution in [-0.4, -0.2) is 53.6 Å². The molecule has 0 saturated carbocycles. The number of thioether (sulfide) groups is 1. The molecule has 4 nitrogen and oxygen atoms in total. The summed E-state index contributed by atoms with van der Waals surface area (Å²) in [6.07, 6.45) is 0. The maximum absolute atomic E-state index is 12.3. The number of carbonyl (C=O) groups is 1. The van der Waals surface area contributed by atoms with E-state index in [1.54, 1.807) is 12.1 Å². The molecule has 0 spiro atoms. The van der Waals surface area contributed by atoms with Crippen molar-refractivity contribution in [2.45, 2.75) is 23.0 Å². The van der Waals surface area contributed by atoms with Gasteiger partial charge in [0.05, 0.1) is 6.04 Å². The number of halogens is 3. The third kappa shape index (κ3) is 3.67. The molecule has 22 heavy (non-hydrogen) atoms. The first kappa shape index (κ1) is 15.5. The smallest absolute Gasteiger partial charge is 0.336 e. The lowest BCUT2D eigenvalue weighted by molar-refractivity contribution is -0.0328. The van der Waals surface area contributed by atoms with Crippen LogP contribution in [-0.2, 0) is 6.54 Å². The highest BCUT2D eigenvalue weighted by Crippen LogP contribution is 2.36. The van der Waals surface area contributed by atoms with E-state index in [0.717, 1.165) is 18.7 Å². The molecule has 2 saturated heterocycles. The largest absolute Gasteiger partial charge is 0.446 e. The number of piperazine rings is 1. The summed E-state index contributed by atoms with van der Waals surface area (Å²) in [5, 5.41) is 2.83. The fourth-order valence-corrected chi connectivity index (χ4v) is 3.41. The van der Waals surface area contributed by atoms with Crippen LogP contribution >= 0.6 is 11.8 Å². The number of alkyl halides is 3. The minimum Gasteiger partial charge on any atom is -0.336 e. The maximum Gasteiger partial charge on any atom is 0.446 e. The Morgan fingerprint density at radius 2 is 1.95 bits per heavy atom. The van der Waals surface area contributed by atoms with Crippen LogP contribution in [0.25, 0.3) is 0 Å². The van der Waals surface area contributed by atoms with Gasteiger partial charge in [0.2, 0.25) is 0 Å². The number of carbonyl (C=O) groups excluding carboxylic acids is 1. The van der Waals surface area contributed by atoms with Crippen molar-refractivity contribution < 1.29 is 18.0 Å². The first-order valence-corrected chi connectivity index (χ1v) is 7.84. The van der Waals surface area contributed by atoms with E-state index >= 15 is 0 Å². The Morgan fingerprint density at radius 3 is 2.64 bits per heavy atom. The van der Waals surface area contributed by atoms with E-state index in [0.29, 0.717) is 19.6 Å². The Hall–Kier alpha value is -1.41. The molecule has 1 atom stereocenters. The molecule has 0 radical (unpaired) electrons. The number of fused-ring (bicyclic) bond motifs is 1. The van der Waals surface area contributed by atoms with Gasteiger partial charge < -0.3 is 10.2 Å². The predicted molar refractivity (Wildman–Crippen MR) is 77.5 cm³/mol. The fraction of sp³-hybridized carbons (Fsp3) is 0.500. The summed E-state index contributed by atoms with van der Waals surface area (Å²) in [5.41, 5.74) is -3.27. The van der Waals surface area contributed by atoms with Crippen LogP contribution in [0.5, 0.6) is 0 Å². The second kappa shape index (κ2) is 6.00. The number of hydrogen-bond donors (Lipinski definition) is 1. The van der Waals surface area contributed by atoms with Gasteiger partial charge in [0, 0.05) is 37.6 Å². The summed E-state index contributed by atoms with van der Waals surface area (Å²) >= 11 is -0.0977. The molecule has 1 aromatic carbocycles. The summed E-state index contributed by atoms with van der Waals surface area (Å²) in [6, 6.07) is 6.67. The lowest BCUT2D eigenvalue weighted by Gasteiger charge is -2.36. The summed E-state index contributed by atoms with van der Waals surface area (Å²) in [5.74, 6) is 0. The topological polar surface area (TPSA) is 35.6 Å². The molecule has 1 aromatic rings. The Labute approximate surface area is 130 Å². The molecule has 0 unspecified atom stereocenters. The van der Waals surface area contributed by atoms with E-state index in [4.69, 9.17) is 0 Å². The molecule has 2 aliphatic heterocycles. The molecule has 0 bridgehead atoms. The molecular weight excluding hydrogens is 315 g/mol. The molecule has 2 heterocycles. The van der Waals surface area contributed by atoms with Gasteiger partial charge in [-0.1, -0.05) is 12.1 Å². The Kier molecular flexibility index (Phi) is 4.22. The second-order valence-corrected chi connectivity index (χ2v) is 6.60. The maximum atomic E-state index is 12.3. The predicted octanol–water partition coefficient (Wildman–Crippen LogP) is 2.51. The molecule has 3 rings (SSSR count). The molecule has 0 aromatic heterocycles. The van der Waals surface area contributed by atoms with E-state index in [-0.39, 0.29) is 28.7 Å². The van der Waals surface area contributed by atoms with Gasteiger partial charge in [-0.15, -0.1) is 0 Å². The zero-order valence-electron chi connectivity index (χ0n) is 11.8. The van der Waals surface area contributed by atoms with Crippen molar-refractivity contribution in [3.63, 3.8) is 0 Å². The zero-order chi connectivity index (χ0) is 15.7. The van der Waals surface area contributed by atoms with Crippen LogP contribution in [0.1, 0.15) is 5.56 Å². The van der Waals surface area contributed by atoms with Crippen LogP contribution in [0.4, 0.5) is 18.0 Å². The van der Waals surface area contributed by atoms with Crippen molar-refractivity contribution >= 4 is 17.8 Å². The standard InChI is InChI=1S/C14H16F3N3OS/c15-14(16,17)22-12-3-1-10(2-4-12)8-19-5-6-20-11(9-19)7-18-13(20)21/h1-4,11H,5-9H2,(H,18,21)/t11-/m0/s1. The van der Waals surface area contributed by atoms with Gasteiger partial charge in [-0.05, 0) is 29.5 Å². The SMILES string of the molecule is O=C1NC[C@H]2CN(Cc3ccc(SC(F)(F)F)cc3)CCN12. The zero-order valence-corrected chi connectivity index (χ0v) is 12.6. The molecule has 1 N–H and O–H groups in total. The molecule has 120 valence electrons. The van der Waals surface area contributed by atoms with Gasteiger partial charge >= 0.3 is 11.5 Å². The van der Waals surface area contributed by atoms with Crippen LogP contribution in [0, 0.1) is 0 Å². The number of hydrogen-bond acceptors (Lipinski definition) is 3. The number of rotatable bonds is 3. The quantitative estimate of drug-likeness (QED) is 0.865. The van der Waals surface area contributed by atoms with E-state index in [2.05, 4.69) is 10.2 Å². The third-order valence-corrected chi connectivity index (χ3v) is 4.62. The summed E-state index contributed by atoms with van der Waals surface area (Å²) < 4.78 is 36.9. The van der Waals surface area contributed by atoms with Crippen molar-refractivity contribution in [1.29, 1.82) is 0 Å². The number of nitrogens with zero attached hydrogens (tertiary/aromatic N) is 2. The fourth-order valence-electron chi connectivity index (χ4n) is 2.87. The lowest BCUT2D eigenvalue weighted by Crippen LogP contribution is -2.51. The number of amides is 2. The number of benzene rings is 1. The van der Waals surface area contributed by atoms with Gasteiger partial charge in [-0.25, -0.2) is 4.79 Å². The minimum atomic E-state index is -4.25. The summed E-state index contributed by atoms with van der Waals surface area (Å²) in [6.45, 7) is 3.62. The first-order valence-electron chi connectivity index (χ1n) is 7.02. The first-order chi connectivity index (χ1) is 10.4. The Morgan fingerprint density at radius 1 is 1.23 bits per heavy atom. The summed E-state index contributed by atoms with van der Waals surface area (Å²) in [4.78, 5) is 15.8. The van der Waals surface area contributed by atoms with Gasteiger partial charge in [0.15, 0.2) is 0 Å². The average Bonchev–Trinajstić information content (AvgIpc) is 2.81. The lowest BCUT2D eigenvalue weighted by atomic mass is 10.1. The summed E-state index contributed by atoms with van der Waals surface area (Å²) in [7, 11) is 0. The van der Waals surface area contributed by atoms with Gasteiger partial charge in [0.25, 0.3) is 0 Å². The van der Waals surface area contributed by atoms with Crippen LogP contribution in [0.15, 0.2) is 29.2 Å². The highest BCUT2D eigenvalue weighted by molar-refractivity contribution is 8.00. The van der Waals surface area contributed by atoms with Gasteiger partial charge in [0.1, 0.15) is 0 Å². The van der Waals surface area contributed by atoms with Crippen molar-refractivity contribution in [3.8, 4) is 0 Å². The molecule has 8 heteroatoms. The second-order valence-electron chi connectivity index (χ2n) is 5.46. The van der Waals surface area contributed by atoms with Crippen molar-refractivity contribution in [1.82, 2.24) is 15.1 Å². The van der Waals surface area contributed by atoms with Crippen LogP contribution in [0.2, 0.25) is 0 Å². The normalized spacial score (nSPS) is 22.6. The number of nitrogens with one attached hydrogen (secondary N) is 1. The van der Waals surface area contributed by atoms with Crippen molar-refractivity contribution in [2.24, 2.45) is 0 Å². The molecular formula is C14H16F3N3OS. The third-order valence-electron chi connectivity index (χ3n) is 3.88. The molecule has 0 aliphatic carbocycles. The van der Waals surface area contributed by atoms with E-state index in [9.17, 15) is 18.0 Å². The van der Waals surface area contributed by atoms with Crippen molar-refractivity contribution in [3.05, 3.63) is 29.8 Å². The average molecular weight is 331 g/mol. The minimum absolute atomic E-state index is 0.00169.